The molecule has 1 N–H and O–H groups in total. The second-order valence-electron chi connectivity index (χ2n) is 6.01. The average molecular weight is 495 g/mol. The number of anilines is 2. The zero-order valence-electron chi connectivity index (χ0n) is 15.2. The van der Waals surface area contributed by atoms with E-state index in [9.17, 15) is 10.1 Å². The number of nitro benzene ring substituents is 1. The normalized spacial score (nSPS) is 11.3. The van der Waals surface area contributed by atoms with Gasteiger partial charge in [-0.1, -0.05) is 46.9 Å². The van der Waals surface area contributed by atoms with E-state index < -0.39 is 8.72 Å². The van der Waals surface area contributed by atoms with Crippen LogP contribution in [0.5, 0.6) is 0 Å². The number of alkyl halides is 3. The monoisotopic (exact) mass is 493 g/mol. The topological polar surface area (TPSA) is 120 Å². The van der Waals surface area contributed by atoms with Gasteiger partial charge in [0, 0.05) is 41.0 Å². The van der Waals surface area contributed by atoms with Crippen molar-refractivity contribution in [2.75, 3.05) is 5.32 Å². The Hall–Kier alpha value is -2.92. The SMILES string of the molecule is O=[N+]([O-])c1cccc(-c2csc(Nc3nc(-c4ccncc4)nc(C(Cl)(Cl)Cl)n3)n2)c1. The maximum Gasteiger partial charge on any atom is 0.270 e. The Bertz CT molecular complexity index is 1250. The molecule has 9 nitrogen and oxygen atoms in total. The largest absolute Gasteiger partial charge is 0.300 e. The Labute approximate surface area is 194 Å². The van der Waals surface area contributed by atoms with Crippen molar-refractivity contribution in [2.45, 2.75) is 3.79 Å². The number of non-ortho nitro benzene ring substituents is 1. The number of nitro groups is 1. The molecule has 31 heavy (non-hydrogen) atoms. The van der Waals surface area contributed by atoms with Gasteiger partial charge in [0.05, 0.1) is 10.6 Å². The minimum absolute atomic E-state index is 0.0215. The van der Waals surface area contributed by atoms with Crippen LogP contribution in [0.15, 0.2) is 54.2 Å². The van der Waals surface area contributed by atoms with Crippen LogP contribution in [-0.2, 0) is 3.79 Å². The lowest BCUT2D eigenvalue weighted by Crippen LogP contribution is -2.12. The molecule has 156 valence electrons. The second-order valence-corrected chi connectivity index (χ2v) is 9.15. The fourth-order valence-electron chi connectivity index (χ4n) is 2.53. The van der Waals surface area contributed by atoms with Gasteiger partial charge in [-0.2, -0.15) is 9.97 Å². The van der Waals surface area contributed by atoms with Gasteiger partial charge in [0.25, 0.3) is 5.69 Å². The smallest absolute Gasteiger partial charge is 0.270 e. The number of nitrogens with one attached hydrogen (secondary N) is 1. The Kier molecular flexibility index (Phi) is 5.96. The molecule has 0 amide bonds. The lowest BCUT2D eigenvalue weighted by Gasteiger charge is -2.12. The molecule has 3 heterocycles. The molecule has 0 bridgehead atoms. The summed E-state index contributed by atoms with van der Waals surface area (Å²) in [5, 5.41) is 16.2. The van der Waals surface area contributed by atoms with Crippen LogP contribution in [0.4, 0.5) is 16.8 Å². The molecule has 13 heteroatoms. The first-order valence-electron chi connectivity index (χ1n) is 8.50. The summed E-state index contributed by atoms with van der Waals surface area (Å²) in [4.78, 5) is 31.7. The molecule has 0 fully saturated rings. The highest BCUT2D eigenvalue weighted by Crippen LogP contribution is 2.37. The van der Waals surface area contributed by atoms with Crippen LogP contribution in [-0.4, -0.2) is 29.8 Å². The molecule has 0 radical (unpaired) electrons. The number of benzene rings is 1. The highest BCUT2D eigenvalue weighted by molar-refractivity contribution is 7.14. The van der Waals surface area contributed by atoms with E-state index in [0.29, 0.717) is 22.0 Å². The first-order valence-corrected chi connectivity index (χ1v) is 10.5. The molecule has 4 aromatic rings. The third-order valence-corrected chi connectivity index (χ3v) is 5.17. The van der Waals surface area contributed by atoms with Crippen molar-refractivity contribution in [1.29, 1.82) is 0 Å². The number of hydrogen-bond acceptors (Lipinski definition) is 9. The third-order valence-electron chi connectivity index (χ3n) is 3.90. The standard InChI is InChI=1S/C18H10Cl3N7O2S/c19-18(20,21)15-24-14(10-4-6-22-7-5-10)25-16(26-15)27-17-23-13(9-31-17)11-2-1-3-12(8-11)28(29)30/h1-9H,(H,23,24,25,26,27). The minimum atomic E-state index is -1.86. The molecule has 0 atom stereocenters. The van der Waals surface area contributed by atoms with E-state index in [-0.39, 0.29) is 23.3 Å². The fourth-order valence-corrected chi connectivity index (χ4v) is 3.49. The van der Waals surface area contributed by atoms with Crippen molar-refractivity contribution in [2.24, 2.45) is 0 Å². The maximum absolute atomic E-state index is 11.0. The van der Waals surface area contributed by atoms with E-state index >= 15 is 0 Å². The summed E-state index contributed by atoms with van der Waals surface area (Å²) in [6.45, 7) is 0. The van der Waals surface area contributed by atoms with E-state index in [2.05, 4.69) is 30.2 Å². The third kappa shape index (κ3) is 5.05. The molecule has 4 rings (SSSR count). The number of halogens is 3. The summed E-state index contributed by atoms with van der Waals surface area (Å²) in [5.41, 5.74) is 1.80. The Morgan fingerprint density at radius 1 is 1.00 bits per heavy atom. The Balaban J connectivity index is 1.67. The van der Waals surface area contributed by atoms with Crippen molar-refractivity contribution in [3.8, 4) is 22.6 Å². The first-order chi connectivity index (χ1) is 14.8. The number of nitrogens with zero attached hydrogens (tertiary/aromatic N) is 6. The van der Waals surface area contributed by atoms with Crippen LogP contribution in [0.25, 0.3) is 22.6 Å². The van der Waals surface area contributed by atoms with Gasteiger partial charge in [-0.05, 0) is 12.1 Å². The van der Waals surface area contributed by atoms with Crippen molar-refractivity contribution in [3.63, 3.8) is 0 Å². The molecule has 0 aliphatic heterocycles. The summed E-state index contributed by atoms with van der Waals surface area (Å²) >= 11 is 19.2. The number of hydrogen-bond donors (Lipinski definition) is 1. The highest BCUT2D eigenvalue weighted by atomic mass is 35.6. The van der Waals surface area contributed by atoms with Gasteiger partial charge in [0.1, 0.15) is 0 Å². The lowest BCUT2D eigenvalue weighted by molar-refractivity contribution is -0.384. The van der Waals surface area contributed by atoms with Gasteiger partial charge in [-0.3, -0.25) is 20.4 Å². The van der Waals surface area contributed by atoms with Crippen LogP contribution in [0.1, 0.15) is 5.82 Å². The minimum Gasteiger partial charge on any atom is -0.300 e. The quantitative estimate of drug-likeness (QED) is 0.218. The summed E-state index contributed by atoms with van der Waals surface area (Å²) in [6.07, 6.45) is 3.18. The van der Waals surface area contributed by atoms with E-state index in [1.165, 1.54) is 23.5 Å². The van der Waals surface area contributed by atoms with E-state index in [0.717, 1.165) is 0 Å². The molecule has 0 unspecified atom stereocenters. The molecular weight excluding hydrogens is 485 g/mol. The van der Waals surface area contributed by atoms with Crippen LogP contribution in [0, 0.1) is 10.1 Å². The average Bonchev–Trinajstić information content (AvgIpc) is 3.22. The number of thiazole rings is 1. The van der Waals surface area contributed by atoms with Crippen molar-refractivity contribution in [1.82, 2.24) is 24.9 Å². The van der Waals surface area contributed by atoms with Crippen LogP contribution in [0.3, 0.4) is 0 Å². The summed E-state index contributed by atoms with van der Waals surface area (Å²) in [6, 6.07) is 9.62. The molecular formula is C18H10Cl3N7O2S. The van der Waals surface area contributed by atoms with Crippen molar-refractivity contribution in [3.05, 3.63) is 70.1 Å². The van der Waals surface area contributed by atoms with Crippen LogP contribution >= 0.6 is 46.1 Å². The molecule has 0 saturated carbocycles. The van der Waals surface area contributed by atoms with Crippen LogP contribution < -0.4 is 5.32 Å². The van der Waals surface area contributed by atoms with Gasteiger partial charge in [0.15, 0.2) is 16.8 Å². The van der Waals surface area contributed by atoms with Crippen LogP contribution in [0.2, 0.25) is 0 Å². The predicted molar refractivity (Wildman–Crippen MR) is 120 cm³/mol. The summed E-state index contributed by atoms with van der Waals surface area (Å²) in [5.74, 6) is 0.358. The van der Waals surface area contributed by atoms with Gasteiger partial charge in [-0.15, -0.1) is 11.3 Å². The fraction of sp³-hybridized carbons (Fsp3) is 0.0556. The predicted octanol–water partition coefficient (Wildman–Crippen LogP) is 5.54. The van der Waals surface area contributed by atoms with Gasteiger partial charge in [-0.25, -0.2) is 9.97 Å². The summed E-state index contributed by atoms with van der Waals surface area (Å²) < 4.78 is -1.86. The molecule has 3 aromatic heterocycles. The molecule has 0 aliphatic carbocycles. The first kappa shape index (κ1) is 21.3. The zero-order chi connectivity index (χ0) is 22.0. The molecule has 0 spiro atoms. The van der Waals surface area contributed by atoms with Gasteiger partial charge in [0.2, 0.25) is 9.74 Å². The Morgan fingerprint density at radius 2 is 1.77 bits per heavy atom. The zero-order valence-corrected chi connectivity index (χ0v) is 18.3. The van der Waals surface area contributed by atoms with E-state index in [1.807, 2.05) is 0 Å². The van der Waals surface area contributed by atoms with Crippen molar-refractivity contribution >= 4 is 62.9 Å². The lowest BCUT2D eigenvalue weighted by atomic mass is 10.1. The van der Waals surface area contributed by atoms with E-state index in [1.54, 1.807) is 42.0 Å². The number of pyridine rings is 1. The molecule has 0 aliphatic rings. The van der Waals surface area contributed by atoms with Gasteiger partial charge >= 0.3 is 0 Å². The van der Waals surface area contributed by atoms with Gasteiger partial charge < -0.3 is 0 Å². The maximum atomic E-state index is 11.0. The van der Waals surface area contributed by atoms with Crippen molar-refractivity contribution < 1.29 is 4.92 Å². The molecule has 0 saturated heterocycles. The molecule has 1 aromatic carbocycles. The summed E-state index contributed by atoms with van der Waals surface area (Å²) in [7, 11) is 0. The number of aromatic nitrogens is 5. The Morgan fingerprint density at radius 3 is 2.48 bits per heavy atom. The number of rotatable bonds is 5. The highest BCUT2D eigenvalue weighted by Gasteiger charge is 2.28. The second kappa shape index (κ2) is 8.67. The van der Waals surface area contributed by atoms with E-state index in [4.69, 9.17) is 34.8 Å².